The van der Waals surface area contributed by atoms with Gasteiger partial charge in [0.15, 0.2) is 11.5 Å². The van der Waals surface area contributed by atoms with Crippen molar-refractivity contribution in [1.82, 2.24) is 14.7 Å². The highest BCUT2D eigenvalue weighted by Gasteiger charge is 2.50. The molecule has 3 aromatic rings. The SMILES string of the molecule is COC(=O)N1CCN(C(=O)c2cccc(CN3C(=O)[C@](c4ccc(F)cc4)(c4cccc(Br)c4)N=C3N)c2)CC1. The molecule has 2 N–H and O–H groups in total. The van der Waals surface area contributed by atoms with Crippen molar-refractivity contribution in [3.05, 3.63) is 105 Å². The van der Waals surface area contributed by atoms with E-state index in [9.17, 15) is 18.8 Å². The Morgan fingerprint density at radius 1 is 0.975 bits per heavy atom. The normalized spacial score (nSPS) is 19.0. The highest BCUT2D eigenvalue weighted by molar-refractivity contribution is 9.10. The Morgan fingerprint density at radius 2 is 1.65 bits per heavy atom. The Hall–Kier alpha value is -4.25. The van der Waals surface area contributed by atoms with E-state index in [0.29, 0.717) is 48.4 Å². The molecule has 40 heavy (non-hydrogen) atoms. The van der Waals surface area contributed by atoms with Crippen LogP contribution in [-0.4, -0.2) is 71.9 Å². The summed E-state index contributed by atoms with van der Waals surface area (Å²) in [6.45, 7) is 1.62. The Labute approximate surface area is 239 Å². The van der Waals surface area contributed by atoms with Gasteiger partial charge in [-0.25, -0.2) is 14.2 Å². The second kappa shape index (κ2) is 11.1. The molecule has 1 saturated heterocycles. The molecule has 11 heteroatoms. The molecule has 0 radical (unpaired) electrons. The lowest BCUT2D eigenvalue weighted by atomic mass is 9.83. The summed E-state index contributed by atoms with van der Waals surface area (Å²) in [5, 5.41) is 0. The second-order valence-corrected chi connectivity index (χ2v) is 10.5. The first-order valence-corrected chi connectivity index (χ1v) is 13.4. The molecule has 206 valence electrons. The van der Waals surface area contributed by atoms with Gasteiger partial charge in [0, 0.05) is 36.2 Å². The first-order chi connectivity index (χ1) is 19.2. The van der Waals surface area contributed by atoms with E-state index >= 15 is 0 Å². The van der Waals surface area contributed by atoms with Crippen LogP contribution < -0.4 is 5.73 Å². The van der Waals surface area contributed by atoms with Crippen LogP contribution in [0.1, 0.15) is 27.0 Å². The van der Waals surface area contributed by atoms with Gasteiger partial charge in [-0.15, -0.1) is 0 Å². The third-order valence-corrected chi connectivity index (χ3v) is 7.63. The first kappa shape index (κ1) is 27.3. The summed E-state index contributed by atoms with van der Waals surface area (Å²) in [7, 11) is 1.33. The van der Waals surface area contributed by atoms with Gasteiger partial charge in [0.2, 0.25) is 0 Å². The smallest absolute Gasteiger partial charge is 0.409 e. The number of nitrogens with two attached hydrogens (primary N) is 1. The van der Waals surface area contributed by atoms with Gasteiger partial charge in [0.1, 0.15) is 5.82 Å². The van der Waals surface area contributed by atoms with E-state index in [4.69, 9.17) is 10.5 Å². The molecule has 0 aromatic heterocycles. The van der Waals surface area contributed by atoms with Crippen LogP contribution >= 0.6 is 15.9 Å². The highest BCUT2D eigenvalue weighted by atomic mass is 79.9. The van der Waals surface area contributed by atoms with E-state index in [0.717, 1.165) is 4.47 Å². The molecule has 2 aliphatic rings. The number of hydrogen-bond donors (Lipinski definition) is 1. The maximum absolute atomic E-state index is 14.1. The van der Waals surface area contributed by atoms with Crippen molar-refractivity contribution >= 4 is 39.8 Å². The molecule has 0 bridgehead atoms. The molecule has 5 rings (SSSR count). The van der Waals surface area contributed by atoms with Gasteiger partial charge in [-0.3, -0.25) is 14.5 Å². The summed E-state index contributed by atoms with van der Waals surface area (Å²) in [4.78, 5) is 48.4. The van der Waals surface area contributed by atoms with Crippen molar-refractivity contribution in [2.75, 3.05) is 33.3 Å². The third kappa shape index (κ3) is 5.04. The quantitative estimate of drug-likeness (QED) is 0.475. The zero-order chi connectivity index (χ0) is 28.4. The van der Waals surface area contributed by atoms with Crippen molar-refractivity contribution in [2.24, 2.45) is 10.7 Å². The number of guanidine groups is 1. The molecule has 1 fully saturated rings. The van der Waals surface area contributed by atoms with Crippen LogP contribution in [0.3, 0.4) is 0 Å². The number of rotatable bonds is 5. The Balaban J connectivity index is 1.40. The monoisotopic (exact) mass is 607 g/mol. The van der Waals surface area contributed by atoms with Crippen molar-refractivity contribution in [1.29, 1.82) is 0 Å². The molecule has 2 heterocycles. The predicted molar refractivity (Wildman–Crippen MR) is 150 cm³/mol. The van der Waals surface area contributed by atoms with Gasteiger partial charge in [-0.2, -0.15) is 0 Å². The van der Waals surface area contributed by atoms with Crippen molar-refractivity contribution in [2.45, 2.75) is 12.1 Å². The lowest BCUT2D eigenvalue weighted by Crippen LogP contribution is -2.50. The summed E-state index contributed by atoms with van der Waals surface area (Å²) >= 11 is 3.46. The average Bonchev–Trinajstić information content (AvgIpc) is 3.22. The van der Waals surface area contributed by atoms with E-state index in [1.54, 1.807) is 46.2 Å². The van der Waals surface area contributed by atoms with Gasteiger partial charge >= 0.3 is 6.09 Å². The molecule has 0 aliphatic carbocycles. The molecule has 9 nitrogen and oxygen atoms in total. The van der Waals surface area contributed by atoms with Crippen LogP contribution in [0.4, 0.5) is 9.18 Å². The van der Waals surface area contributed by atoms with E-state index in [1.165, 1.54) is 36.3 Å². The summed E-state index contributed by atoms with van der Waals surface area (Å²) in [5.74, 6) is -0.966. The number of nitrogens with zero attached hydrogens (tertiary/aromatic N) is 4. The van der Waals surface area contributed by atoms with Crippen molar-refractivity contribution < 1.29 is 23.5 Å². The Bertz CT molecular complexity index is 1490. The predicted octanol–water partition coefficient (Wildman–Crippen LogP) is 3.71. The van der Waals surface area contributed by atoms with Gasteiger partial charge in [-0.05, 0) is 53.1 Å². The molecule has 3 aromatic carbocycles. The number of hydrogen-bond acceptors (Lipinski definition) is 6. The van der Waals surface area contributed by atoms with Crippen molar-refractivity contribution in [3.63, 3.8) is 0 Å². The molecular formula is C29H27BrFN5O4. The molecule has 2 aliphatic heterocycles. The summed E-state index contributed by atoms with van der Waals surface area (Å²) in [6.07, 6.45) is -0.414. The summed E-state index contributed by atoms with van der Waals surface area (Å²) in [5.41, 5.74) is 7.08. The minimum absolute atomic E-state index is 0.0185. The maximum atomic E-state index is 14.1. The van der Waals surface area contributed by atoms with Gasteiger partial charge < -0.3 is 20.3 Å². The summed E-state index contributed by atoms with van der Waals surface area (Å²) < 4.78 is 19.3. The molecule has 3 amide bonds. The van der Waals surface area contributed by atoms with Crippen LogP contribution in [0.2, 0.25) is 0 Å². The lowest BCUT2D eigenvalue weighted by Gasteiger charge is -2.34. The van der Waals surface area contributed by atoms with Gasteiger partial charge in [0.25, 0.3) is 11.8 Å². The molecular weight excluding hydrogens is 581 g/mol. The number of piperazine rings is 1. The van der Waals surface area contributed by atoms with Crippen LogP contribution in [0.15, 0.2) is 82.3 Å². The topological polar surface area (TPSA) is 109 Å². The largest absolute Gasteiger partial charge is 0.453 e. The summed E-state index contributed by atoms with van der Waals surface area (Å²) in [6, 6.07) is 19.9. The minimum Gasteiger partial charge on any atom is -0.453 e. The second-order valence-electron chi connectivity index (χ2n) is 9.54. The standard InChI is InChI=1S/C29H27BrFN5O4/c1-40-28(39)35-14-12-34(13-15-35)25(37)20-5-2-4-19(16-20)18-36-26(38)29(33-27(36)32,21-8-10-24(31)11-9-21)22-6-3-7-23(30)17-22/h2-11,16-17H,12-15,18H2,1H3,(H2,32,33)/t29-/m0/s1. The van der Waals surface area contributed by atoms with Crippen molar-refractivity contribution in [3.8, 4) is 0 Å². The van der Waals surface area contributed by atoms with Crippen LogP contribution in [0, 0.1) is 5.82 Å². The van der Waals surface area contributed by atoms with Crippen LogP contribution in [0.5, 0.6) is 0 Å². The fourth-order valence-electron chi connectivity index (χ4n) is 5.07. The van der Waals surface area contributed by atoms with Crippen LogP contribution in [0.25, 0.3) is 0 Å². The number of amides is 3. The third-order valence-electron chi connectivity index (χ3n) is 7.13. The average molecular weight is 608 g/mol. The molecule has 0 unspecified atom stereocenters. The Morgan fingerprint density at radius 3 is 2.33 bits per heavy atom. The van der Waals surface area contributed by atoms with E-state index in [1.807, 2.05) is 12.1 Å². The van der Waals surface area contributed by atoms with Gasteiger partial charge in [0.05, 0.1) is 13.7 Å². The molecule has 1 atom stereocenters. The number of carbonyl (C=O) groups is 3. The number of halogens is 2. The van der Waals surface area contributed by atoms with E-state index in [-0.39, 0.29) is 24.3 Å². The van der Waals surface area contributed by atoms with Crippen LogP contribution in [-0.2, 0) is 21.6 Å². The molecule has 0 spiro atoms. The minimum atomic E-state index is -1.49. The number of methoxy groups -OCH3 is 1. The highest BCUT2D eigenvalue weighted by Crippen LogP contribution is 2.41. The lowest BCUT2D eigenvalue weighted by molar-refractivity contribution is -0.130. The van der Waals surface area contributed by atoms with E-state index < -0.39 is 17.4 Å². The van der Waals surface area contributed by atoms with Gasteiger partial charge in [-0.1, -0.05) is 52.3 Å². The number of carbonyl (C=O) groups excluding carboxylic acids is 3. The number of ether oxygens (including phenoxy) is 1. The molecule has 0 saturated carbocycles. The number of benzene rings is 3. The fourth-order valence-corrected chi connectivity index (χ4v) is 5.47. The first-order valence-electron chi connectivity index (χ1n) is 12.6. The number of aliphatic imine (C=N–C) groups is 1. The maximum Gasteiger partial charge on any atom is 0.409 e. The zero-order valence-electron chi connectivity index (χ0n) is 21.7. The van der Waals surface area contributed by atoms with E-state index in [2.05, 4.69) is 20.9 Å². The Kier molecular flexibility index (Phi) is 7.57. The fraction of sp³-hybridized carbons (Fsp3) is 0.241. The zero-order valence-corrected chi connectivity index (χ0v) is 23.3.